The molecule has 0 aliphatic heterocycles. The number of nitrogens with one attached hydrogen (secondary N) is 1. The Morgan fingerprint density at radius 3 is 2.72 bits per heavy atom. The largest absolute Gasteiger partial charge is 0.504 e. The molecule has 0 atom stereocenters. The monoisotopic (exact) mass is 263 g/mol. The molecule has 0 radical (unpaired) electrons. The molecular formula is C14H17NO2S. The van der Waals surface area contributed by atoms with Crippen LogP contribution in [0.3, 0.4) is 0 Å². The standard InChI is InChI=1S/C14H17NO2S/c1-10-8-18-9-12(10)7-15-6-11-3-4-14(17-2)13(16)5-11/h3-5,8-9,15-16H,6-7H2,1-2H3. The molecule has 96 valence electrons. The summed E-state index contributed by atoms with van der Waals surface area (Å²) in [5.74, 6) is 0.691. The van der Waals surface area contributed by atoms with Crippen molar-refractivity contribution in [3.63, 3.8) is 0 Å². The molecule has 0 saturated heterocycles. The lowest BCUT2D eigenvalue weighted by Crippen LogP contribution is -2.12. The SMILES string of the molecule is COc1ccc(CNCc2cscc2C)cc1O. The van der Waals surface area contributed by atoms with Crippen molar-refractivity contribution in [3.05, 3.63) is 45.6 Å². The van der Waals surface area contributed by atoms with E-state index < -0.39 is 0 Å². The van der Waals surface area contributed by atoms with Gasteiger partial charge in [0, 0.05) is 13.1 Å². The van der Waals surface area contributed by atoms with E-state index in [2.05, 4.69) is 23.0 Å². The Kier molecular flexibility index (Phi) is 4.23. The van der Waals surface area contributed by atoms with E-state index in [0.29, 0.717) is 5.75 Å². The summed E-state index contributed by atoms with van der Waals surface area (Å²) in [4.78, 5) is 0. The van der Waals surface area contributed by atoms with Gasteiger partial charge >= 0.3 is 0 Å². The molecule has 2 aromatic rings. The van der Waals surface area contributed by atoms with E-state index in [-0.39, 0.29) is 5.75 Å². The Hall–Kier alpha value is -1.52. The molecule has 0 amide bonds. The predicted octanol–water partition coefficient (Wildman–Crippen LogP) is 3.06. The van der Waals surface area contributed by atoms with E-state index in [1.54, 1.807) is 30.6 Å². The lowest BCUT2D eigenvalue weighted by atomic mass is 10.2. The van der Waals surface area contributed by atoms with Gasteiger partial charge in [0.25, 0.3) is 0 Å². The lowest BCUT2D eigenvalue weighted by Gasteiger charge is -2.07. The van der Waals surface area contributed by atoms with Gasteiger partial charge in [-0.05, 0) is 46.5 Å². The second kappa shape index (κ2) is 5.89. The van der Waals surface area contributed by atoms with Gasteiger partial charge in [-0.15, -0.1) is 0 Å². The van der Waals surface area contributed by atoms with Gasteiger partial charge in [-0.2, -0.15) is 11.3 Å². The number of hydrogen-bond donors (Lipinski definition) is 2. The molecule has 0 bridgehead atoms. The lowest BCUT2D eigenvalue weighted by molar-refractivity contribution is 0.373. The van der Waals surface area contributed by atoms with Crippen LogP contribution in [0.2, 0.25) is 0 Å². The highest BCUT2D eigenvalue weighted by atomic mass is 32.1. The maximum atomic E-state index is 9.67. The van der Waals surface area contributed by atoms with Crippen LogP contribution in [0, 0.1) is 6.92 Å². The van der Waals surface area contributed by atoms with Gasteiger partial charge in [0.15, 0.2) is 11.5 Å². The number of thiophene rings is 1. The first-order valence-corrected chi connectivity index (χ1v) is 6.73. The highest BCUT2D eigenvalue weighted by Crippen LogP contribution is 2.26. The van der Waals surface area contributed by atoms with Crippen molar-refractivity contribution in [2.45, 2.75) is 20.0 Å². The van der Waals surface area contributed by atoms with Crippen LogP contribution in [0.4, 0.5) is 0 Å². The van der Waals surface area contributed by atoms with Gasteiger partial charge in [0.2, 0.25) is 0 Å². The summed E-state index contributed by atoms with van der Waals surface area (Å²) in [6, 6.07) is 5.46. The first-order valence-electron chi connectivity index (χ1n) is 5.79. The smallest absolute Gasteiger partial charge is 0.160 e. The average molecular weight is 263 g/mol. The Bertz CT molecular complexity index is 522. The number of aryl methyl sites for hydroxylation is 1. The maximum absolute atomic E-state index is 9.67. The van der Waals surface area contributed by atoms with E-state index in [4.69, 9.17) is 4.74 Å². The van der Waals surface area contributed by atoms with Crippen LogP contribution < -0.4 is 10.1 Å². The van der Waals surface area contributed by atoms with Gasteiger partial charge in [0.1, 0.15) is 0 Å². The van der Waals surface area contributed by atoms with E-state index in [0.717, 1.165) is 18.7 Å². The van der Waals surface area contributed by atoms with Crippen molar-refractivity contribution in [3.8, 4) is 11.5 Å². The summed E-state index contributed by atoms with van der Waals surface area (Å²) in [7, 11) is 1.55. The Morgan fingerprint density at radius 2 is 2.11 bits per heavy atom. The number of methoxy groups -OCH3 is 1. The molecular weight excluding hydrogens is 246 g/mol. The van der Waals surface area contributed by atoms with Crippen LogP contribution in [0.5, 0.6) is 11.5 Å². The second-order valence-electron chi connectivity index (χ2n) is 4.19. The molecule has 2 N–H and O–H groups in total. The van der Waals surface area contributed by atoms with Gasteiger partial charge in [-0.3, -0.25) is 0 Å². The molecule has 2 rings (SSSR count). The third-order valence-corrected chi connectivity index (χ3v) is 3.76. The summed E-state index contributed by atoms with van der Waals surface area (Å²) >= 11 is 1.72. The average Bonchev–Trinajstić information content (AvgIpc) is 2.75. The fraction of sp³-hybridized carbons (Fsp3) is 0.286. The van der Waals surface area contributed by atoms with Crippen molar-refractivity contribution in [2.75, 3.05) is 7.11 Å². The molecule has 0 saturated carbocycles. The third-order valence-electron chi connectivity index (χ3n) is 2.85. The van der Waals surface area contributed by atoms with Crippen LogP contribution in [0.25, 0.3) is 0 Å². The minimum absolute atomic E-state index is 0.184. The first-order chi connectivity index (χ1) is 8.70. The van der Waals surface area contributed by atoms with E-state index in [1.807, 2.05) is 6.07 Å². The van der Waals surface area contributed by atoms with Gasteiger partial charge in [-0.25, -0.2) is 0 Å². The number of phenols is 1. The summed E-state index contributed by atoms with van der Waals surface area (Å²) in [6.07, 6.45) is 0. The zero-order valence-electron chi connectivity index (χ0n) is 10.6. The summed E-state index contributed by atoms with van der Waals surface area (Å²) in [6.45, 7) is 3.70. The topological polar surface area (TPSA) is 41.5 Å². The number of hydrogen-bond acceptors (Lipinski definition) is 4. The Balaban J connectivity index is 1.91. The maximum Gasteiger partial charge on any atom is 0.160 e. The van der Waals surface area contributed by atoms with E-state index >= 15 is 0 Å². The fourth-order valence-electron chi connectivity index (χ4n) is 1.75. The van der Waals surface area contributed by atoms with Gasteiger partial charge in [0.05, 0.1) is 7.11 Å². The second-order valence-corrected chi connectivity index (χ2v) is 4.93. The highest BCUT2D eigenvalue weighted by molar-refractivity contribution is 7.08. The molecule has 1 aromatic carbocycles. The fourth-order valence-corrected chi connectivity index (χ4v) is 2.61. The van der Waals surface area contributed by atoms with Crippen molar-refractivity contribution in [2.24, 2.45) is 0 Å². The molecule has 4 heteroatoms. The molecule has 0 aliphatic rings. The zero-order valence-corrected chi connectivity index (χ0v) is 11.4. The van der Waals surface area contributed by atoms with Crippen LogP contribution in [0.1, 0.15) is 16.7 Å². The van der Waals surface area contributed by atoms with Crippen LogP contribution >= 0.6 is 11.3 Å². The van der Waals surface area contributed by atoms with E-state index in [1.165, 1.54) is 11.1 Å². The molecule has 0 spiro atoms. The molecule has 3 nitrogen and oxygen atoms in total. The number of aromatic hydroxyl groups is 1. The highest BCUT2D eigenvalue weighted by Gasteiger charge is 2.03. The molecule has 0 unspecified atom stereocenters. The predicted molar refractivity (Wildman–Crippen MR) is 74.3 cm³/mol. The van der Waals surface area contributed by atoms with Crippen LogP contribution in [-0.2, 0) is 13.1 Å². The molecule has 0 fully saturated rings. The molecule has 1 aromatic heterocycles. The molecule has 18 heavy (non-hydrogen) atoms. The van der Waals surface area contributed by atoms with Gasteiger partial charge < -0.3 is 15.2 Å². The van der Waals surface area contributed by atoms with Crippen molar-refractivity contribution in [1.82, 2.24) is 5.32 Å². The van der Waals surface area contributed by atoms with Crippen molar-refractivity contribution >= 4 is 11.3 Å². The quantitative estimate of drug-likeness (QED) is 0.871. The van der Waals surface area contributed by atoms with Gasteiger partial charge in [-0.1, -0.05) is 6.07 Å². The van der Waals surface area contributed by atoms with Crippen LogP contribution in [-0.4, -0.2) is 12.2 Å². The number of ether oxygens (including phenoxy) is 1. The minimum atomic E-state index is 0.184. The Labute approximate surface area is 111 Å². The van der Waals surface area contributed by atoms with Crippen molar-refractivity contribution in [1.29, 1.82) is 0 Å². The molecule has 0 aliphatic carbocycles. The number of phenolic OH excluding ortho intramolecular Hbond substituents is 1. The normalized spacial score (nSPS) is 10.6. The summed E-state index contributed by atoms with van der Waals surface area (Å²) in [5.41, 5.74) is 3.70. The Morgan fingerprint density at radius 1 is 1.28 bits per heavy atom. The minimum Gasteiger partial charge on any atom is -0.504 e. The van der Waals surface area contributed by atoms with Crippen molar-refractivity contribution < 1.29 is 9.84 Å². The van der Waals surface area contributed by atoms with E-state index in [9.17, 15) is 5.11 Å². The third kappa shape index (κ3) is 3.03. The molecule has 1 heterocycles. The summed E-state index contributed by atoms with van der Waals surface area (Å²) in [5, 5.41) is 17.3. The van der Waals surface area contributed by atoms with Crippen LogP contribution in [0.15, 0.2) is 29.0 Å². The first kappa shape index (κ1) is 12.9. The zero-order chi connectivity index (χ0) is 13.0. The summed E-state index contributed by atoms with van der Waals surface area (Å²) < 4.78 is 5.01. The number of rotatable bonds is 5. The number of benzene rings is 1.